The number of aryl methyl sites for hydroxylation is 2. The number of hydrogen-bond acceptors (Lipinski definition) is 4. The molecule has 0 aliphatic heterocycles. The van der Waals surface area contributed by atoms with Gasteiger partial charge < -0.3 is 15.4 Å². The highest BCUT2D eigenvalue weighted by molar-refractivity contribution is 14.0. The van der Waals surface area contributed by atoms with Gasteiger partial charge in [0.25, 0.3) is 0 Å². The van der Waals surface area contributed by atoms with E-state index in [1.165, 1.54) is 10.4 Å². The molecule has 0 saturated carbocycles. The Balaban J connectivity index is 0.00000364. The molecule has 2 N–H and O–H groups in total. The van der Waals surface area contributed by atoms with Gasteiger partial charge in [-0.2, -0.15) is 0 Å². The summed E-state index contributed by atoms with van der Waals surface area (Å²) in [4.78, 5) is 10.0. The van der Waals surface area contributed by atoms with Crippen molar-refractivity contribution < 1.29 is 4.74 Å². The fraction of sp³-hybridized carbons (Fsp3) is 0.500. The number of aliphatic imine (C=N–C) groups is 1. The second-order valence-corrected chi connectivity index (χ2v) is 7.50. The summed E-state index contributed by atoms with van der Waals surface area (Å²) in [5, 5.41) is 7.76. The Labute approximate surface area is 184 Å². The van der Waals surface area contributed by atoms with E-state index in [0.717, 1.165) is 35.1 Å². The number of aromatic nitrogens is 1. The standard InChI is InChI=1S/C20H30N4OS.HI/c1-6-15(4)25-18-10-14(3)8-9-16(18)11-23-20(21-5)24-13-19-22-12-17(7-2)26-19;/h8-10,12,15H,6-7,11,13H2,1-5H3,(H2,21,23,24);1H. The molecule has 27 heavy (non-hydrogen) atoms. The molecule has 2 rings (SSSR count). The van der Waals surface area contributed by atoms with Gasteiger partial charge in [0.2, 0.25) is 0 Å². The number of rotatable bonds is 8. The van der Waals surface area contributed by atoms with Crippen LogP contribution in [-0.4, -0.2) is 24.1 Å². The van der Waals surface area contributed by atoms with Crippen molar-refractivity contribution >= 4 is 41.3 Å². The molecular weight excluding hydrogens is 471 g/mol. The Kier molecular flexibility index (Phi) is 10.7. The highest BCUT2D eigenvalue weighted by Gasteiger charge is 2.09. The van der Waals surface area contributed by atoms with Crippen LogP contribution in [0, 0.1) is 6.92 Å². The van der Waals surface area contributed by atoms with Crippen LogP contribution in [-0.2, 0) is 19.5 Å². The molecule has 1 aromatic carbocycles. The monoisotopic (exact) mass is 502 g/mol. The van der Waals surface area contributed by atoms with Gasteiger partial charge in [-0.05, 0) is 38.3 Å². The lowest BCUT2D eigenvalue weighted by Gasteiger charge is -2.18. The molecule has 0 bridgehead atoms. The van der Waals surface area contributed by atoms with E-state index >= 15 is 0 Å². The van der Waals surface area contributed by atoms with Crippen LogP contribution in [0.2, 0.25) is 0 Å². The van der Waals surface area contributed by atoms with Gasteiger partial charge in [-0.1, -0.05) is 26.0 Å². The first-order chi connectivity index (χ1) is 12.5. The lowest BCUT2D eigenvalue weighted by molar-refractivity contribution is 0.215. The quantitative estimate of drug-likeness (QED) is 0.313. The highest BCUT2D eigenvalue weighted by atomic mass is 127. The lowest BCUT2D eigenvalue weighted by atomic mass is 10.1. The summed E-state index contributed by atoms with van der Waals surface area (Å²) in [6, 6.07) is 6.32. The SMILES string of the molecule is CCc1cnc(CNC(=NC)NCc2ccc(C)cc2OC(C)CC)s1.I. The predicted molar refractivity (Wildman–Crippen MR) is 126 cm³/mol. The zero-order chi connectivity index (χ0) is 18.9. The van der Waals surface area contributed by atoms with Crippen molar-refractivity contribution in [3.05, 3.63) is 45.4 Å². The van der Waals surface area contributed by atoms with Gasteiger partial charge in [-0.25, -0.2) is 4.98 Å². The molecule has 0 saturated heterocycles. The number of thiazole rings is 1. The topological polar surface area (TPSA) is 58.5 Å². The van der Waals surface area contributed by atoms with Crippen molar-refractivity contribution in [2.24, 2.45) is 4.99 Å². The Hall–Kier alpha value is -1.35. The summed E-state index contributed by atoms with van der Waals surface area (Å²) in [5.74, 6) is 1.70. The predicted octanol–water partition coefficient (Wildman–Crippen LogP) is 4.67. The lowest BCUT2D eigenvalue weighted by Crippen LogP contribution is -2.36. The van der Waals surface area contributed by atoms with Crippen LogP contribution < -0.4 is 15.4 Å². The van der Waals surface area contributed by atoms with E-state index in [2.05, 4.69) is 66.5 Å². The molecule has 1 atom stereocenters. The first-order valence-electron chi connectivity index (χ1n) is 9.19. The van der Waals surface area contributed by atoms with E-state index in [9.17, 15) is 0 Å². The van der Waals surface area contributed by atoms with E-state index in [1.54, 1.807) is 18.4 Å². The van der Waals surface area contributed by atoms with Gasteiger partial charge >= 0.3 is 0 Å². The third-order valence-electron chi connectivity index (χ3n) is 4.15. The molecule has 0 aliphatic rings. The van der Waals surface area contributed by atoms with Crippen molar-refractivity contribution in [1.29, 1.82) is 0 Å². The van der Waals surface area contributed by atoms with Gasteiger partial charge in [0.15, 0.2) is 5.96 Å². The minimum absolute atomic E-state index is 0. The third-order valence-corrected chi connectivity index (χ3v) is 5.29. The number of benzene rings is 1. The molecule has 0 fully saturated rings. The van der Waals surface area contributed by atoms with Crippen molar-refractivity contribution in [2.75, 3.05) is 7.05 Å². The molecule has 150 valence electrons. The van der Waals surface area contributed by atoms with E-state index in [-0.39, 0.29) is 30.1 Å². The largest absolute Gasteiger partial charge is 0.490 e. The van der Waals surface area contributed by atoms with Crippen LogP contribution in [0.25, 0.3) is 0 Å². The van der Waals surface area contributed by atoms with Crippen LogP contribution in [0.1, 0.15) is 48.2 Å². The summed E-state index contributed by atoms with van der Waals surface area (Å²) in [5.41, 5.74) is 2.33. The fourth-order valence-electron chi connectivity index (χ4n) is 2.37. The Bertz CT molecular complexity index is 733. The zero-order valence-corrected chi connectivity index (χ0v) is 20.0. The number of guanidine groups is 1. The van der Waals surface area contributed by atoms with Crippen molar-refractivity contribution in [2.45, 2.75) is 59.7 Å². The smallest absolute Gasteiger partial charge is 0.191 e. The molecular formula is C20H31IN4OS. The molecule has 1 aromatic heterocycles. The van der Waals surface area contributed by atoms with Crippen molar-refractivity contribution in [3.63, 3.8) is 0 Å². The first kappa shape index (κ1) is 23.7. The first-order valence-corrected chi connectivity index (χ1v) is 10.0. The summed E-state index contributed by atoms with van der Waals surface area (Å²) < 4.78 is 6.08. The summed E-state index contributed by atoms with van der Waals surface area (Å²) >= 11 is 1.74. The van der Waals surface area contributed by atoms with Crippen molar-refractivity contribution in [3.8, 4) is 5.75 Å². The summed E-state index contributed by atoms with van der Waals surface area (Å²) in [6.45, 7) is 9.79. The maximum Gasteiger partial charge on any atom is 0.191 e. The van der Waals surface area contributed by atoms with E-state index in [1.807, 2.05) is 6.20 Å². The Morgan fingerprint density at radius 1 is 1.26 bits per heavy atom. The van der Waals surface area contributed by atoms with Gasteiger partial charge in [0, 0.05) is 30.2 Å². The highest BCUT2D eigenvalue weighted by Crippen LogP contribution is 2.22. The molecule has 5 nitrogen and oxygen atoms in total. The summed E-state index contributed by atoms with van der Waals surface area (Å²) in [6.07, 6.45) is 4.16. The fourth-order valence-corrected chi connectivity index (χ4v) is 3.17. The maximum absolute atomic E-state index is 6.08. The van der Waals surface area contributed by atoms with Crippen LogP contribution >= 0.6 is 35.3 Å². The van der Waals surface area contributed by atoms with Gasteiger partial charge in [-0.3, -0.25) is 4.99 Å². The zero-order valence-electron chi connectivity index (χ0n) is 16.8. The molecule has 0 radical (unpaired) electrons. The Morgan fingerprint density at radius 2 is 2.00 bits per heavy atom. The van der Waals surface area contributed by atoms with Gasteiger partial charge in [-0.15, -0.1) is 35.3 Å². The minimum atomic E-state index is 0. The number of hydrogen-bond donors (Lipinski definition) is 2. The number of halogens is 1. The van der Waals surface area contributed by atoms with Crippen LogP contribution in [0.5, 0.6) is 5.75 Å². The van der Waals surface area contributed by atoms with Crippen LogP contribution in [0.3, 0.4) is 0 Å². The van der Waals surface area contributed by atoms with Crippen molar-refractivity contribution in [1.82, 2.24) is 15.6 Å². The molecule has 1 heterocycles. The van der Waals surface area contributed by atoms with E-state index in [4.69, 9.17) is 4.74 Å². The maximum atomic E-state index is 6.08. The minimum Gasteiger partial charge on any atom is -0.490 e. The number of nitrogens with one attached hydrogen (secondary N) is 2. The average Bonchev–Trinajstić information content (AvgIpc) is 3.11. The average molecular weight is 502 g/mol. The second kappa shape index (κ2) is 12.2. The number of nitrogens with zero attached hydrogens (tertiary/aromatic N) is 2. The molecule has 1 unspecified atom stereocenters. The number of ether oxygens (including phenoxy) is 1. The molecule has 7 heteroatoms. The van der Waals surface area contributed by atoms with Crippen LogP contribution in [0.4, 0.5) is 0 Å². The molecule has 0 spiro atoms. The molecule has 0 aliphatic carbocycles. The summed E-state index contributed by atoms with van der Waals surface area (Å²) in [7, 11) is 1.78. The van der Waals surface area contributed by atoms with Gasteiger partial charge in [0.05, 0.1) is 12.6 Å². The van der Waals surface area contributed by atoms with Gasteiger partial charge in [0.1, 0.15) is 10.8 Å². The Morgan fingerprint density at radius 3 is 2.63 bits per heavy atom. The van der Waals surface area contributed by atoms with E-state index < -0.39 is 0 Å². The van der Waals surface area contributed by atoms with E-state index in [0.29, 0.717) is 13.1 Å². The molecule has 2 aromatic rings. The normalized spacial score (nSPS) is 12.3. The van der Waals surface area contributed by atoms with Crippen LogP contribution in [0.15, 0.2) is 29.4 Å². The molecule has 0 amide bonds. The third kappa shape index (κ3) is 7.65. The second-order valence-electron chi connectivity index (χ2n) is 6.30.